The van der Waals surface area contributed by atoms with Gasteiger partial charge in [-0.1, -0.05) is 53.8 Å². The van der Waals surface area contributed by atoms with Gasteiger partial charge in [0, 0.05) is 18.4 Å². The highest BCUT2D eigenvalue weighted by Gasteiger charge is 2.31. The molecule has 0 bridgehead atoms. The molecule has 0 radical (unpaired) electrons. The number of hydrogen-bond donors (Lipinski definition) is 0. The second-order valence-electron chi connectivity index (χ2n) is 8.08. The van der Waals surface area contributed by atoms with Gasteiger partial charge < -0.3 is 4.74 Å². The zero-order valence-corrected chi connectivity index (χ0v) is 20.0. The van der Waals surface area contributed by atoms with Crippen molar-refractivity contribution < 1.29 is 19.1 Å². The van der Waals surface area contributed by atoms with Gasteiger partial charge in [0.2, 0.25) is 11.8 Å². The van der Waals surface area contributed by atoms with E-state index in [0.29, 0.717) is 40.8 Å². The largest absolute Gasteiger partial charge is 0.492 e. The van der Waals surface area contributed by atoms with Gasteiger partial charge in [-0.05, 0) is 42.8 Å². The zero-order chi connectivity index (χ0) is 24.4. The van der Waals surface area contributed by atoms with Crippen molar-refractivity contribution in [2.24, 2.45) is 0 Å². The number of ether oxygens (including phenoxy) is 1. The van der Waals surface area contributed by atoms with Gasteiger partial charge in [0.25, 0.3) is 5.91 Å². The molecule has 0 aliphatic carbocycles. The van der Waals surface area contributed by atoms with Crippen molar-refractivity contribution in [2.75, 3.05) is 16.4 Å². The Balaban J connectivity index is 1.55. The lowest BCUT2D eigenvalue weighted by Gasteiger charge is -2.21. The molecule has 35 heavy (non-hydrogen) atoms. The molecule has 3 aromatic carbocycles. The average molecular weight is 486 g/mol. The Labute approximate surface area is 206 Å². The van der Waals surface area contributed by atoms with E-state index in [4.69, 9.17) is 9.72 Å². The Morgan fingerprint density at radius 1 is 1.00 bits per heavy atom. The lowest BCUT2D eigenvalue weighted by molar-refractivity contribution is -0.121. The summed E-state index contributed by atoms with van der Waals surface area (Å²) in [6.45, 7) is 2.74. The first-order valence-electron chi connectivity index (χ1n) is 11.4. The fourth-order valence-electron chi connectivity index (χ4n) is 4.09. The van der Waals surface area contributed by atoms with Crippen LogP contribution >= 0.6 is 11.3 Å². The number of fused-ring (bicyclic) bond motifs is 1. The van der Waals surface area contributed by atoms with Crippen LogP contribution < -0.4 is 14.5 Å². The van der Waals surface area contributed by atoms with Crippen LogP contribution in [-0.4, -0.2) is 29.3 Å². The number of para-hydroxylation sites is 1. The Hall–Kier alpha value is -4.04. The molecule has 2 heterocycles. The molecule has 1 saturated heterocycles. The molecule has 0 unspecified atom stereocenters. The second-order valence-corrected chi connectivity index (χ2v) is 9.09. The summed E-state index contributed by atoms with van der Waals surface area (Å²) in [5, 5.41) is 0.541. The number of nitrogens with zero attached hydrogens (tertiary/aromatic N) is 3. The summed E-state index contributed by atoms with van der Waals surface area (Å²) in [7, 11) is 0. The van der Waals surface area contributed by atoms with Gasteiger partial charge >= 0.3 is 0 Å². The smallest absolute Gasteiger partial charge is 0.260 e. The minimum absolute atomic E-state index is 0.186. The highest BCUT2D eigenvalue weighted by molar-refractivity contribution is 7.22. The molecule has 0 atom stereocenters. The Morgan fingerprint density at radius 3 is 2.49 bits per heavy atom. The van der Waals surface area contributed by atoms with Crippen LogP contribution in [0.2, 0.25) is 0 Å². The number of rotatable bonds is 7. The van der Waals surface area contributed by atoms with Crippen LogP contribution in [0.25, 0.3) is 10.2 Å². The van der Waals surface area contributed by atoms with E-state index >= 15 is 0 Å². The summed E-state index contributed by atoms with van der Waals surface area (Å²) in [5.41, 5.74) is 2.44. The number of amides is 3. The predicted octanol–water partition coefficient (Wildman–Crippen LogP) is 5.20. The fraction of sp³-hybridized carbons (Fsp3) is 0.185. The van der Waals surface area contributed by atoms with E-state index in [1.807, 2.05) is 55.5 Å². The van der Waals surface area contributed by atoms with Crippen molar-refractivity contribution in [2.45, 2.75) is 26.3 Å². The van der Waals surface area contributed by atoms with Crippen LogP contribution in [0, 0.1) is 0 Å². The van der Waals surface area contributed by atoms with Gasteiger partial charge in [-0.3, -0.25) is 24.2 Å². The molecule has 5 rings (SSSR count). The number of imide groups is 1. The Morgan fingerprint density at radius 2 is 1.74 bits per heavy atom. The van der Waals surface area contributed by atoms with E-state index in [1.54, 1.807) is 29.2 Å². The first kappa shape index (κ1) is 22.7. The van der Waals surface area contributed by atoms with Crippen LogP contribution in [0.3, 0.4) is 0 Å². The molecule has 7 nitrogen and oxygen atoms in total. The van der Waals surface area contributed by atoms with E-state index in [-0.39, 0.29) is 30.6 Å². The van der Waals surface area contributed by atoms with Gasteiger partial charge in [-0.25, -0.2) is 4.98 Å². The first-order valence-corrected chi connectivity index (χ1v) is 12.2. The van der Waals surface area contributed by atoms with Crippen LogP contribution in [-0.2, 0) is 16.1 Å². The lowest BCUT2D eigenvalue weighted by Crippen LogP contribution is -2.31. The van der Waals surface area contributed by atoms with E-state index in [0.717, 1.165) is 15.2 Å². The van der Waals surface area contributed by atoms with Crippen molar-refractivity contribution in [3.63, 3.8) is 0 Å². The molecule has 176 valence electrons. The van der Waals surface area contributed by atoms with Crippen molar-refractivity contribution in [1.82, 2.24) is 4.98 Å². The monoisotopic (exact) mass is 485 g/mol. The lowest BCUT2D eigenvalue weighted by atomic mass is 10.1. The van der Waals surface area contributed by atoms with Crippen LogP contribution in [0.15, 0.2) is 72.8 Å². The summed E-state index contributed by atoms with van der Waals surface area (Å²) in [5.74, 6) is -0.106. The Bertz CT molecular complexity index is 1400. The summed E-state index contributed by atoms with van der Waals surface area (Å²) in [6, 6.07) is 22.1. The minimum Gasteiger partial charge on any atom is -0.492 e. The van der Waals surface area contributed by atoms with Crippen LogP contribution in [0.4, 0.5) is 10.8 Å². The molecule has 0 spiro atoms. The van der Waals surface area contributed by atoms with Crippen LogP contribution in [0.5, 0.6) is 5.75 Å². The maximum atomic E-state index is 13.8. The van der Waals surface area contributed by atoms with Crippen LogP contribution in [0.1, 0.15) is 35.7 Å². The standard InChI is InChI=1S/C27H23N3O4S/c1-2-34-21-12-7-13-22-25(21)28-27(35-22)29(17-18-8-4-3-5-9-18)26(33)19-10-6-11-20(16-19)30-23(31)14-15-24(30)32/h3-13,16H,2,14-15,17H2,1H3. The van der Waals surface area contributed by atoms with Gasteiger partial charge in [0.1, 0.15) is 11.3 Å². The third-order valence-electron chi connectivity index (χ3n) is 5.73. The number of benzene rings is 3. The third kappa shape index (κ3) is 4.52. The summed E-state index contributed by atoms with van der Waals surface area (Å²) in [4.78, 5) is 45.9. The third-order valence-corrected chi connectivity index (χ3v) is 6.78. The molecular formula is C27H23N3O4S. The number of carbonyl (C=O) groups is 3. The topological polar surface area (TPSA) is 79.8 Å². The van der Waals surface area contributed by atoms with Gasteiger partial charge in [0.15, 0.2) is 5.13 Å². The SMILES string of the molecule is CCOc1cccc2sc(N(Cc3ccccc3)C(=O)c3cccc(N4C(=O)CCC4=O)c3)nc12. The summed E-state index contributed by atoms with van der Waals surface area (Å²) in [6.07, 6.45) is 0.371. The molecule has 4 aromatic rings. The Kier molecular flexibility index (Phi) is 6.29. The van der Waals surface area contributed by atoms with Crippen molar-refractivity contribution >= 4 is 50.1 Å². The molecular weight excluding hydrogens is 462 g/mol. The van der Waals surface area contributed by atoms with E-state index in [2.05, 4.69) is 0 Å². The summed E-state index contributed by atoms with van der Waals surface area (Å²) < 4.78 is 6.66. The van der Waals surface area contributed by atoms with E-state index in [1.165, 1.54) is 11.3 Å². The fourth-order valence-corrected chi connectivity index (χ4v) is 5.07. The molecule has 1 aliphatic heterocycles. The molecule has 0 saturated carbocycles. The molecule has 1 fully saturated rings. The van der Waals surface area contributed by atoms with Gasteiger partial charge in [0.05, 0.1) is 23.5 Å². The molecule has 1 aromatic heterocycles. The maximum absolute atomic E-state index is 13.8. The van der Waals surface area contributed by atoms with Crippen molar-refractivity contribution in [1.29, 1.82) is 0 Å². The second kappa shape index (κ2) is 9.68. The van der Waals surface area contributed by atoms with Gasteiger partial charge in [-0.2, -0.15) is 0 Å². The predicted molar refractivity (Wildman–Crippen MR) is 136 cm³/mol. The van der Waals surface area contributed by atoms with Crippen molar-refractivity contribution in [3.8, 4) is 5.75 Å². The molecule has 8 heteroatoms. The zero-order valence-electron chi connectivity index (χ0n) is 19.1. The normalized spacial score (nSPS) is 13.5. The average Bonchev–Trinajstić information content (AvgIpc) is 3.46. The number of carbonyl (C=O) groups excluding carboxylic acids is 3. The highest BCUT2D eigenvalue weighted by Crippen LogP contribution is 2.36. The quantitative estimate of drug-likeness (QED) is 0.336. The number of hydrogen-bond acceptors (Lipinski definition) is 6. The first-order chi connectivity index (χ1) is 17.0. The van der Waals surface area contributed by atoms with E-state index in [9.17, 15) is 14.4 Å². The van der Waals surface area contributed by atoms with Gasteiger partial charge in [-0.15, -0.1) is 0 Å². The summed E-state index contributed by atoms with van der Waals surface area (Å²) >= 11 is 1.41. The minimum atomic E-state index is -0.271. The molecule has 1 aliphatic rings. The number of thiazole rings is 1. The molecule has 3 amide bonds. The number of aromatic nitrogens is 1. The maximum Gasteiger partial charge on any atom is 0.260 e. The van der Waals surface area contributed by atoms with E-state index < -0.39 is 0 Å². The number of anilines is 2. The molecule has 0 N–H and O–H groups in total. The highest BCUT2D eigenvalue weighted by atomic mass is 32.1. The van der Waals surface area contributed by atoms with Crippen molar-refractivity contribution in [3.05, 3.63) is 83.9 Å².